The van der Waals surface area contributed by atoms with Crippen LogP contribution in [0.25, 0.3) is 0 Å². The molecule has 0 amide bonds. The molecule has 2 nitrogen and oxygen atoms in total. The van der Waals surface area contributed by atoms with E-state index < -0.39 is 6.08 Å². The van der Waals surface area contributed by atoms with Crippen LogP contribution in [0.2, 0.25) is 0 Å². The van der Waals surface area contributed by atoms with Crippen molar-refractivity contribution in [1.29, 1.82) is 0 Å². The van der Waals surface area contributed by atoms with E-state index in [4.69, 9.17) is 9.47 Å². The van der Waals surface area contributed by atoms with Crippen LogP contribution in [0.3, 0.4) is 0 Å². The van der Waals surface area contributed by atoms with Crippen molar-refractivity contribution in [3.63, 3.8) is 0 Å². The average molecular weight is 296 g/mol. The Hall–Kier alpha value is -1.26. The number of rotatable bonds is 6. The molecule has 0 aromatic heterocycles. The summed E-state index contributed by atoms with van der Waals surface area (Å²) in [6, 6.07) is 8.08. The predicted molar refractivity (Wildman–Crippen MR) is 78.4 cm³/mol. The average Bonchev–Trinajstić information content (AvgIpc) is 2.49. The maximum atomic E-state index is 12.0. The molecule has 0 unspecified atom stereocenters. The van der Waals surface area contributed by atoms with Crippen LogP contribution >= 0.6 is 0 Å². The summed E-state index contributed by atoms with van der Waals surface area (Å²) in [6.45, 7) is 3.47. The molecule has 1 aromatic rings. The Morgan fingerprint density at radius 3 is 2.43 bits per heavy atom. The highest BCUT2D eigenvalue weighted by atomic mass is 19.3. The van der Waals surface area contributed by atoms with Crippen molar-refractivity contribution in [2.45, 2.75) is 44.8 Å². The largest absolute Gasteiger partial charge is 0.352 e. The zero-order valence-electron chi connectivity index (χ0n) is 12.4. The molecule has 21 heavy (non-hydrogen) atoms. The zero-order chi connectivity index (χ0) is 15.1. The van der Waals surface area contributed by atoms with Gasteiger partial charge in [-0.3, -0.25) is 0 Å². The second-order valence-electron chi connectivity index (χ2n) is 5.36. The van der Waals surface area contributed by atoms with E-state index in [1.54, 1.807) is 0 Å². The third-order valence-electron chi connectivity index (χ3n) is 3.67. The van der Waals surface area contributed by atoms with E-state index in [0.29, 0.717) is 26.1 Å². The van der Waals surface area contributed by atoms with Crippen LogP contribution in [0.1, 0.15) is 43.2 Å². The molecule has 0 saturated carbocycles. The second-order valence-corrected chi connectivity index (χ2v) is 5.36. The van der Waals surface area contributed by atoms with E-state index in [2.05, 4.69) is 6.92 Å². The van der Waals surface area contributed by atoms with E-state index in [1.165, 1.54) is 5.56 Å². The summed E-state index contributed by atoms with van der Waals surface area (Å²) in [7, 11) is 0. The van der Waals surface area contributed by atoms with Crippen LogP contribution in [0.15, 0.2) is 36.4 Å². The van der Waals surface area contributed by atoms with E-state index in [1.807, 2.05) is 24.3 Å². The first kappa shape index (κ1) is 16.1. The van der Waals surface area contributed by atoms with Gasteiger partial charge in [-0.2, -0.15) is 8.78 Å². The number of aryl methyl sites for hydroxylation is 1. The van der Waals surface area contributed by atoms with Gasteiger partial charge in [0.15, 0.2) is 6.29 Å². The third kappa shape index (κ3) is 5.21. The molecule has 1 fully saturated rings. The minimum absolute atomic E-state index is 0.0621. The van der Waals surface area contributed by atoms with Crippen molar-refractivity contribution in [1.82, 2.24) is 0 Å². The second kappa shape index (κ2) is 8.25. The maximum absolute atomic E-state index is 12.0. The van der Waals surface area contributed by atoms with Crippen molar-refractivity contribution in [2.24, 2.45) is 0 Å². The molecule has 1 heterocycles. The standard InChI is InChI=1S/C17H22F2O2/c1-2-4-17-20-11-15(12-21-17)14-9-7-13(8-10-14)5-3-6-16(18)19/h6-10,15,17H,2-5,11-12H2,1H3. The van der Waals surface area contributed by atoms with Crippen LogP contribution in [-0.2, 0) is 15.9 Å². The lowest BCUT2D eigenvalue weighted by atomic mass is 9.98. The minimum atomic E-state index is -1.61. The number of allylic oxidation sites excluding steroid dienone is 1. The van der Waals surface area contributed by atoms with Crippen molar-refractivity contribution in [3.8, 4) is 0 Å². The van der Waals surface area contributed by atoms with Crippen molar-refractivity contribution in [3.05, 3.63) is 47.5 Å². The molecule has 2 rings (SSSR count). The fourth-order valence-electron chi connectivity index (χ4n) is 2.44. The van der Waals surface area contributed by atoms with Gasteiger partial charge in [0.05, 0.1) is 13.2 Å². The molecule has 0 atom stereocenters. The van der Waals surface area contributed by atoms with Gasteiger partial charge in [0.25, 0.3) is 6.08 Å². The molecule has 1 aromatic carbocycles. The normalized spacial score (nSPS) is 22.0. The number of ether oxygens (including phenoxy) is 2. The van der Waals surface area contributed by atoms with Gasteiger partial charge in [0, 0.05) is 5.92 Å². The summed E-state index contributed by atoms with van der Waals surface area (Å²) in [4.78, 5) is 0. The molecule has 0 N–H and O–H groups in total. The topological polar surface area (TPSA) is 18.5 Å². The summed E-state index contributed by atoms with van der Waals surface area (Å²) < 4.78 is 35.3. The molecule has 1 aliphatic heterocycles. The van der Waals surface area contributed by atoms with E-state index in [-0.39, 0.29) is 12.2 Å². The first-order chi connectivity index (χ1) is 10.2. The first-order valence-corrected chi connectivity index (χ1v) is 7.52. The molecule has 4 heteroatoms. The van der Waals surface area contributed by atoms with Crippen LogP contribution in [0, 0.1) is 0 Å². The molecular formula is C17H22F2O2. The van der Waals surface area contributed by atoms with Crippen molar-refractivity contribution >= 4 is 0 Å². The van der Waals surface area contributed by atoms with Crippen LogP contribution in [0.5, 0.6) is 0 Å². The number of hydrogen-bond acceptors (Lipinski definition) is 2. The highest BCUT2D eigenvalue weighted by Crippen LogP contribution is 2.24. The van der Waals surface area contributed by atoms with Gasteiger partial charge in [0.1, 0.15) is 0 Å². The number of benzene rings is 1. The quantitative estimate of drug-likeness (QED) is 0.760. The van der Waals surface area contributed by atoms with Crippen LogP contribution in [0.4, 0.5) is 8.78 Å². The van der Waals surface area contributed by atoms with Gasteiger partial charge in [-0.1, -0.05) is 37.6 Å². The lowest BCUT2D eigenvalue weighted by molar-refractivity contribution is -0.189. The Bertz CT molecular complexity index is 444. The smallest absolute Gasteiger partial charge is 0.266 e. The summed E-state index contributed by atoms with van der Waals surface area (Å²) in [6.07, 6.45) is 2.29. The summed E-state index contributed by atoms with van der Waals surface area (Å²) in [5.41, 5.74) is 2.25. The molecule has 1 aliphatic rings. The Kier molecular flexibility index (Phi) is 6.33. The molecule has 0 radical (unpaired) electrons. The minimum Gasteiger partial charge on any atom is -0.352 e. The fraction of sp³-hybridized carbons (Fsp3) is 0.529. The van der Waals surface area contributed by atoms with E-state index in [9.17, 15) is 8.78 Å². The molecular weight excluding hydrogens is 274 g/mol. The Morgan fingerprint density at radius 1 is 1.19 bits per heavy atom. The monoisotopic (exact) mass is 296 g/mol. The van der Waals surface area contributed by atoms with Gasteiger partial charge in [-0.05, 0) is 36.5 Å². The van der Waals surface area contributed by atoms with Crippen molar-refractivity contribution < 1.29 is 18.3 Å². The van der Waals surface area contributed by atoms with Gasteiger partial charge in [0.2, 0.25) is 0 Å². The molecule has 1 saturated heterocycles. The number of halogens is 2. The van der Waals surface area contributed by atoms with Crippen LogP contribution < -0.4 is 0 Å². The maximum Gasteiger partial charge on any atom is 0.266 e. The summed E-state index contributed by atoms with van der Waals surface area (Å²) in [5, 5.41) is 0. The molecule has 0 aliphatic carbocycles. The van der Waals surface area contributed by atoms with Gasteiger partial charge in [-0.15, -0.1) is 0 Å². The summed E-state index contributed by atoms with van der Waals surface area (Å²) in [5.74, 6) is 0.260. The first-order valence-electron chi connectivity index (χ1n) is 7.52. The highest BCUT2D eigenvalue weighted by molar-refractivity contribution is 5.26. The zero-order valence-corrected chi connectivity index (χ0v) is 12.4. The Balaban J connectivity index is 1.84. The Labute approximate surface area is 124 Å². The van der Waals surface area contributed by atoms with Gasteiger partial charge < -0.3 is 9.47 Å². The summed E-state index contributed by atoms with van der Waals surface area (Å²) >= 11 is 0. The third-order valence-corrected chi connectivity index (χ3v) is 3.67. The van der Waals surface area contributed by atoms with E-state index >= 15 is 0 Å². The lowest BCUT2D eigenvalue weighted by Gasteiger charge is -2.29. The van der Waals surface area contributed by atoms with Crippen LogP contribution in [-0.4, -0.2) is 19.5 Å². The molecule has 116 valence electrons. The van der Waals surface area contributed by atoms with Crippen molar-refractivity contribution in [2.75, 3.05) is 13.2 Å². The van der Waals surface area contributed by atoms with Gasteiger partial charge >= 0.3 is 0 Å². The Morgan fingerprint density at radius 2 is 1.86 bits per heavy atom. The molecule has 0 spiro atoms. The van der Waals surface area contributed by atoms with Gasteiger partial charge in [-0.25, -0.2) is 0 Å². The lowest BCUT2D eigenvalue weighted by Crippen LogP contribution is -2.30. The molecule has 0 bridgehead atoms. The fourth-order valence-corrected chi connectivity index (χ4v) is 2.44. The highest BCUT2D eigenvalue weighted by Gasteiger charge is 2.22. The SMILES string of the molecule is CCCC1OCC(c2ccc(CCC=C(F)F)cc2)CO1. The van der Waals surface area contributed by atoms with E-state index in [0.717, 1.165) is 24.5 Å². The number of hydrogen-bond donors (Lipinski definition) is 0. The predicted octanol–water partition coefficient (Wildman–Crippen LogP) is 4.66.